The summed E-state index contributed by atoms with van der Waals surface area (Å²) in [6.07, 6.45) is 1.77. The number of aromatic nitrogens is 3. The van der Waals surface area contributed by atoms with Gasteiger partial charge in [0.2, 0.25) is 5.01 Å². The second kappa shape index (κ2) is 4.96. The Bertz CT molecular complexity index is 589. The van der Waals surface area contributed by atoms with Crippen LogP contribution in [-0.2, 0) is 13.6 Å². The third-order valence-corrected chi connectivity index (χ3v) is 2.95. The molecule has 0 aliphatic heterocycles. The number of hydrogen-bond acceptors (Lipinski definition) is 5. The van der Waals surface area contributed by atoms with Crippen LogP contribution < -0.4 is 5.32 Å². The quantitative estimate of drug-likeness (QED) is 0.840. The molecule has 0 saturated carbocycles. The van der Waals surface area contributed by atoms with Crippen molar-refractivity contribution in [1.29, 1.82) is 0 Å². The van der Waals surface area contributed by atoms with E-state index in [-0.39, 0.29) is 17.2 Å². The number of carboxylic acids is 1. The van der Waals surface area contributed by atoms with E-state index in [4.69, 9.17) is 5.11 Å². The number of hydrogen-bond donors (Lipinski definition) is 2. The van der Waals surface area contributed by atoms with E-state index in [2.05, 4.69) is 15.4 Å². The molecule has 0 aliphatic rings. The molecule has 94 valence electrons. The minimum atomic E-state index is -1.14. The summed E-state index contributed by atoms with van der Waals surface area (Å²) in [6.45, 7) is 0.277. The van der Waals surface area contributed by atoms with Crippen LogP contribution in [0.3, 0.4) is 0 Å². The molecule has 2 aromatic rings. The first-order valence-corrected chi connectivity index (χ1v) is 5.90. The topological polar surface area (TPSA) is 97.1 Å². The summed E-state index contributed by atoms with van der Waals surface area (Å²) in [5, 5.41) is 16.7. The summed E-state index contributed by atoms with van der Waals surface area (Å²) in [5.41, 5.74) is 0.827. The van der Waals surface area contributed by atoms with Gasteiger partial charge in [-0.3, -0.25) is 9.48 Å². The van der Waals surface area contributed by atoms with Crippen molar-refractivity contribution in [3.8, 4) is 0 Å². The molecular formula is C10H10N4O3S. The van der Waals surface area contributed by atoms with E-state index >= 15 is 0 Å². The fourth-order valence-electron chi connectivity index (χ4n) is 1.30. The van der Waals surface area contributed by atoms with Crippen LogP contribution in [0.1, 0.15) is 26.0 Å². The second-order valence-electron chi connectivity index (χ2n) is 3.51. The van der Waals surface area contributed by atoms with Gasteiger partial charge in [0, 0.05) is 18.6 Å². The van der Waals surface area contributed by atoms with E-state index < -0.39 is 11.9 Å². The van der Waals surface area contributed by atoms with E-state index in [1.165, 1.54) is 5.38 Å². The molecule has 2 rings (SSSR count). The third-order valence-electron chi connectivity index (χ3n) is 2.12. The molecule has 1 amide bonds. The van der Waals surface area contributed by atoms with Gasteiger partial charge >= 0.3 is 5.97 Å². The fourth-order valence-corrected chi connectivity index (χ4v) is 1.93. The SMILES string of the molecule is Cn1ccc(CNC(=O)c2csc(C(=O)O)n2)n1. The summed E-state index contributed by atoms with van der Waals surface area (Å²) < 4.78 is 1.63. The molecule has 0 atom stereocenters. The van der Waals surface area contributed by atoms with Crippen molar-refractivity contribution in [3.63, 3.8) is 0 Å². The predicted octanol–water partition coefficient (Wildman–Crippen LogP) is 0.505. The van der Waals surface area contributed by atoms with Crippen LogP contribution in [0.15, 0.2) is 17.6 Å². The van der Waals surface area contributed by atoms with Gasteiger partial charge in [-0.05, 0) is 6.07 Å². The zero-order valence-corrected chi connectivity index (χ0v) is 10.3. The monoisotopic (exact) mass is 266 g/mol. The number of nitrogens with one attached hydrogen (secondary N) is 1. The molecule has 2 heterocycles. The second-order valence-corrected chi connectivity index (χ2v) is 4.36. The number of nitrogens with zero attached hydrogens (tertiary/aromatic N) is 3. The summed E-state index contributed by atoms with van der Waals surface area (Å²) in [4.78, 5) is 26.0. The van der Waals surface area contributed by atoms with Gasteiger partial charge in [-0.25, -0.2) is 9.78 Å². The zero-order valence-electron chi connectivity index (χ0n) is 9.45. The molecule has 0 aromatic carbocycles. The summed E-state index contributed by atoms with van der Waals surface area (Å²) in [5.74, 6) is -1.55. The molecule has 0 saturated heterocycles. The number of aryl methyl sites for hydroxylation is 1. The van der Waals surface area contributed by atoms with Crippen molar-refractivity contribution in [3.05, 3.63) is 34.0 Å². The molecular weight excluding hydrogens is 256 g/mol. The predicted molar refractivity (Wildman–Crippen MR) is 63.5 cm³/mol. The number of rotatable bonds is 4. The first-order valence-electron chi connectivity index (χ1n) is 5.02. The Balaban J connectivity index is 1.97. The average molecular weight is 266 g/mol. The highest BCUT2D eigenvalue weighted by atomic mass is 32.1. The van der Waals surface area contributed by atoms with Crippen LogP contribution in [-0.4, -0.2) is 31.7 Å². The van der Waals surface area contributed by atoms with Crippen molar-refractivity contribution in [2.45, 2.75) is 6.54 Å². The normalized spacial score (nSPS) is 10.3. The van der Waals surface area contributed by atoms with E-state index in [1.807, 2.05) is 0 Å². The maximum Gasteiger partial charge on any atom is 0.365 e. The molecule has 8 heteroatoms. The number of carbonyl (C=O) groups is 2. The Hall–Kier alpha value is -2.22. The Morgan fingerprint density at radius 2 is 2.33 bits per heavy atom. The Morgan fingerprint density at radius 3 is 2.89 bits per heavy atom. The maximum atomic E-state index is 11.7. The van der Waals surface area contributed by atoms with Gasteiger partial charge in [0.1, 0.15) is 5.69 Å². The smallest absolute Gasteiger partial charge is 0.365 e. The first-order chi connectivity index (χ1) is 8.56. The van der Waals surface area contributed by atoms with Crippen LogP contribution in [0.25, 0.3) is 0 Å². The van der Waals surface area contributed by atoms with E-state index in [9.17, 15) is 9.59 Å². The summed E-state index contributed by atoms with van der Waals surface area (Å²) in [6, 6.07) is 1.78. The highest BCUT2D eigenvalue weighted by molar-refractivity contribution is 7.11. The number of aromatic carboxylic acids is 1. The van der Waals surface area contributed by atoms with Gasteiger partial charge in [-0.15, -0.1) is 11.3 Å². The molecule has 0 bridgehead atoms. The molecule has 2 aromatic heterocycles. The van der Waals surface area contributed by atoms with Gasteiger partial charge < -0.3 is 10.4 Å². The maximum absolute atomic E-state index is 11.7. The van der Waals surface area contributed by atoms with Gasteiger partial charge in [0.25, 0.3) is 5.91 Å². The van der Waals surface area contributed by atoms with Gasteiger partial charge in [-0.1, -0.05) is 0 Å². The van der Waals surface area contributed by atoms with Crippen molar-refractivity contribution in [1.82, 2.24) is 20.1 Å². The zero-order chi connectivity index (χ0) is 13.1. The summed E-state index contributed by atoms with van der Waals surface area (Å²) >= 11 is 0.921. The highest BCUT2D eigenvalue weighted by Crippen LogP contribution is 2.09. The van der Waals surface area contributed by atoms with Crippen molar-refractivity contribution >= 4 is 23.2 Å². The van der Waals surface area contributed by atoms with Crippen molar-refractivity contribution in [2.24, 2.45) is 7.05 Å². The van der Waals surface area contributed by atoms with Crippen molar-refractivity contribution in [2.75, 3.05) is 0 Å². The van der Waals surface area contributed by atoms with Crippen LogP contribution in [0.2, 0.25) is 0 Å². The third kappa shape index (κ3) is 2.72. The molecule has 2 N–H and O–H groups in total. The Kier molecular flexibility index (Phi) is 3.38. The molecule has 18 heavy (non-hydrogen) atoms. The minimum absolute atomic E-state index is 0.0991. The fraction of sp³-hybridized carbons (Fsp3) is 0.200. The summed E-state index contributed by atoms with van der Waals surface area (Å²) in [7, 11) is 1.78. The molecule has 0 radical (unpaired) electrons. The standard InChI is InChI=1S/C10H10N4O3S/c1-14-3-2-6(13-14)4-11-8(15)7-5-18-9(12-7)10(16)17/h2-3,5H,4H2,1H3,(H,11,15)(H,16,17). The average Bonchev–Trinajstić information content (AvgIpc) is 2.94. The van der Waals surface area contributed by atoms with Gasteiger partial charge in [0.15, 0.2) is 0 Å². The Labute approximate surface area is 106 Å². The number of carboxylic acid groups (broad SMARTS) is 1. The molecule has 0 unspecified atom stereocenters. The lowest BCUT2D eigenvalue weighted by molar-refractivity contribution is 0.0696. The number of thiazole rings is 1. The van der Waals surface area contributed by atoms with Crippen LogP contribution >= 0.6 is 11.3 Å². The number of carbonyl (C=O) groups excluding carboxylic acids is 1. The Morgan fingerprint density at radius 1 is 1.56 bits per heavy atom. The lowest BCUT2D eigenvalue weighted by atomic mass is 10.4. The van der Waals surface area contributed by atoms with Crippen LogP contribution in [0.5, 0.6) is 0 Å². The van der Waals surface area contributed by atoms with Gasteiger partial charge in [0.05, 0.1) is 12.2 Å². The van der Waals surface area contributed by atoms with Crippen molar-refractivity contribution < 1.29 is 14.7 Å². The highest BCUT2D eigenvalue weighted by Gasteiger charge is 2.14. The molecule has 0 spiro atoms. The first kappa shape index (κ1) is 12.2. The lowest BCUT2D eigenvalue weighted by Crippen LogP contribution is -2.23. The van der Waals surface area contributed by atoms with Crippen LogP contribution in [0, 0.1) is 0 Å². The van der Waals surface area contributed by atoms with Gasteiger partial charge in [-0.2, -0.15) is 5.10 Å². The lowest BCUT2D eigenvalue weighted by Gasteiger charge is -1.99. The van der Waals surface area contributed by atoms with E-state index in [0.29, 0.717) is 0 Å². The minimum Gasteiger partial charge on any atom is -0.476 e. The molecule has 0 fully saturated rings. The molecule has 0 aliphatic carbocycles. The van der Waals surface area contributed by atoms with E-state index in [1.54, 1.807) is 24.0 Å². The van der Waals surface area contributed by atoms with E-state index in [0.717, 1.165) is 17.0 Å². The number of amides is 1. The largest absolute Gasteiger partial charge is 0.476 e. The van der Waals surface area contributed by atoms with Crippen LogP contribution in [0.4, 0.5) is 0 Å². The molecule has 7 nitrogen and oxygen atoms in total.